The van der Waals surface area contributed by atoms with Crippen molar-refractivity contribution in [1.82, 2.24) is 14.9 Å². The van der Waals surface area contributed by atoms with Crippen LogP contribution in [-0.4, -0.2) is 48.1 Å². The number of likely N-dealkylation sites (N-methyl/N-ethyl adjacent to an activating group) is 1. The molecule has 1 aromatic rings. The zero-order chi connectivity index (χ0) is 11.7. The first-order chi connectivity index (χ1) is 8.33. The molecule has 92 valence electrons. The fourth-order valence-electron chi connectivity index (χ4n) is 2.44. The van der Waals surface area contributed by atoms with Crippen molar-refractivity contribution in [3.8, 4) is 0 Å². The zero-order valence-electron chi connectivity index (χ0n) is 10.5. The summed E-state index contributed by atoms with van der Waals surface area (Å²) >= 11 is 0. The first kappa shape index (κ1) is 11.0. The van der Waals surface area contributed by atoms with Gasteiger partial charge >= 0.3 is 0 Å². The lowest BCUT2D eigenvalue weighted by Gasteiger charge is -2.33. The highest BCUT2D eigenvalue weighted by Gasteiger charge is 2.23. The van der Waals surface area contributed by atoms with Crippen LogP contribution in [0.15, 0.2) is 12.3 Å². The van der Waals surface area contributed by atoms with Crippen molar-refractivity contribution in [3.05, 3.63) is 18.1 Å². The molecule has 0 radical (unpaired) electrons. The highest BCUT2D eigenvalue weighted by Crippen LogP contribution is 2.34. The van der Waals surface area contributed by atoms with Crippen molar-refractivity contribution in [3.63, 3.8) is 0 Å². The van der Waals surface area contributed by atoms with E-state index in [0.717, 1.165) is 37.8 Å². The molecule has 4 nitrogen and oxygen atoms in total. The Kier molecular flexibility index (Phi) is 2.97. The van der Waals surface area contributed by atoms with Gasteiger partial charge in [-0.05, 0) is 26.0 Å². The van der Waals surface area contributed by atoms with Gasteiger partial charge in [-0.1, -0.05) is 6.42 Å². The Bertz CT molecular complexity index is 381. The fraction of sp³-hybridized carbons (Fsp3) is 0.692. The van der Waals surface area contributed by atoms with Gasteiger partial charge in [-0.15, -0.1) is 0 Å². The van der Waals surface area contributed by atoms with E-state index in [-0.39, 0.29) is 0 Å². The van der Waals surface area contributed by atoms with Crippen LogP contribution in [0.5, 0.6) is 0 Å². The predicted molar refractivity (Wildman–Crippen MR) is 68.3 cm³/mol. The Morgan fingerprint density at radius 3 is 2.59 bits per heavy atom. The average molecular weight is 232 g/mol. The Hall–Kier alpha value is -1.16. The maximum absolute atomic E-state index is 4.74. The molecule has 17 heavy (non-hydrogen) atoms. The summed E-state index contributed by atoms with van der Waals surface area (Å²) in [7, 11) is 2.18. The standard InChI is InChI=1S/C13H20N4/c1-16-7-9-17(10-8-16)12-5-6-14-13(15-12)11-3-2-4-11/h5-6,11H,2-4,7-10H2,1H3. The minimum Gasteiger partial charge on any atom is -0.354 e. The summed E-state index contributed by atoms with van der Waals surface area (Å²) in [6, 6.07) is 2.05. The van der Waals surface area contributed by atoms with Crippen LogP contribution in [0, 0.1) is 0 Å². The molecular weight excluding hydrogens is 212 g/mol. The number of hydrogen-bond acceptors (Lipinski definition) is 4. The summed E-state index contributed by atoms with van der Waals surface area (Å²) in [5.74, 6) is 2.81. The van der Waals surface area contributed by atoms with Gasteiger partial charge in [0.1, 0.15) is 11.6 Å². The van der Waals surface area contributed by atoms with Crippen molar-refractivity contribution in [2.45, 2.75) is 25.2 Å². The number of hydrogen-bond donors (Lipinski definition) is 0. The molecule has 0 spiro atoms. The van der Waals surface area contributed by atoms with Gasteiger partial charge in [0.25, 0.3) is 0 Å². The maximum Gasteiger partial charge on any atom is 0.133 e. The molecule has 0 atom stereocenters. The van der Waals surface area contributed by atoms with E-state index in [9.17, 15) is 0 Å². The van der Waals surface area contributed by atoms with Crippen molar-refractivity contribution in [2.75, 3.05) is 38.1 Å². The highest BCUT2D eigenvalue weighted by molar-refractivity contribution is 5.38. The Morgan fingerprint density at radius 2 is 1.94 bits per heavy atom. The smallest absolute Gasteiger partial charge is 0.133 e. The second kappa shape index (κ2) is 4.61. The summed E-state index contributed by atoms with van der Waals surface area (Å²) < 4.78 is 0. The molecule has 1 aliphatic heterocycles. The maximum atomic E-state index is 4.74. The van der Waals surface area contributed by atoms with E-state index < -0.39 is 0 Å². The fourth-order valence-corrected chi connectivity index (χ4v) is 2.44. The van der Waals surface area contributed by atoms with Crippen LogP contribution in [0.3, 0.4) is 0 Å². The van der Waals surface area contributed by atoms with E-state index in [2.05, 4.69) is 21.8 Å². The van der Waals surface area contributed by atoms with E-state index in [1.807, 2.05) is 12.3 Å². The molecule has 2 heterocycles. The lowest BCUT2D eigenvalue weighted by atomic mass is 9.85. The molecule has 1 aliphatic carbocycles. The Labute approximate surface area is 103 Å². The molecule has 1 saturated heterocycles. The third-order valence-corrected chi connectivity index (χ3v) is 3.96. The molecule has 0 unspecified atom stereocenters. The third kappa shape index (κ3) is 2.27. The largest absolute Gasteiger partial charge is 0.354 e. The van der Waals surface area contributed by atoms with Gasteiger partial charge < -0.3 is 9.80 Å². The van der Waals surface area contributed by atoms with Crippen molar-refractivity contribution >= 4 is 5.82 Å². The number of nitrogens with zero attached hydrogens (tertiary/aromatic N) is 4. The van der Waals surface area contributed by atoms with Gasteiger partial charge in [0.05, 0.1) is 0 Å². The summed E-state index contributed by atoms with van der Waals surface area (Å²) in [6.45, 7) is 4.42. The quantitative estimate of drug-likeness (QED) is 0.773. The van der Waals surface area contributed by atoms with Crippen LogP contribution in [0.25, 0.3) is 0 Å². The first-order valence-corrected chi connectivity index (χ1v) is 6.59. The number of piperazine rings is 1. The van der Waals surface area contributed by atoms with Crippen LogP contribution >= 0.6 is 0 Å². The third-order valence-electron chi connectivity index (χ3n) is 3.96. The Balaban J connectivity index is 1.73. The van der Waals surface area contributed by atoms with Gasteiger partial charge in [-0.3, -0.25) is 0 Å². The second-order valence-corrected chi connectivity index (χ2v) is 5.19. The summed E-state index contributed by atoms with van der Waals surface area (Å²) in [5.41, 5.74) is 0. The molecule has 2 fully saturated rings. The molecule has 1 aromatic heterocycles. The van der Waals surface area contributed by atoms with Crippen molar-refractivity contribution in [2.24, 2.45) is 0 Å². The lowest BCUT2D eigenvalue weighted by Crippen LogP contribution is -2.44. The highest BCUT2D eigenvalue weighted by atomic mass is 15.3. The molecule has 0 bridgehead atoms. The average Bonchev–Trinajstić information content (AvgIpc) is 2.28. The molecule has 0 N–H and O–H groups in total. The van der Waals surface area contributed by atoms with Gasteiger partial charge in [-0.25, -0.2) is 9.97 Å². The van der Waals surface area contributed by atoms with Crippen LogP contribution in [0.4, 0.5) is 5.82 Å². The predicted octanol–water partition coefficient (Wildman–Crippen LogP) is 1.50. The van der Waals surface area contributed by atoms with Crippen LogP contribution in [-0.2, 0) is 0 Å². The molecule has 4 heteroatoms. The van der Waals surface area contributed by atoms with Crippen LogP contribution in [0.1, 0.15) is 31.0 Å². The lowest BCUT2D eigenvalue weighted by molar-refractivity contribution is 0.311. The van der Waals surface area contributed by atoms with Gasteiger partial charge in [0.15, 0.2) is 0 Å². The normalized spacial score (nSPS) is 22.5. The van der Waals surface area contributed by atoms with Crippen molar-refractivity contribution < 1.29 is 0 Å². The van der Waals surface area contributed by atoms with E-state index >= 15 is 0 Å². The van der Waals surface area contributed by atoms with E-state index in [0.29, 0.717) is 5.92 Å². The van der Waals surface area contributed by atoms with E-state index in [1.165, 1.54) is 19.3 Å². The summed E-state index contributed by atoms with van der Waals surface area (Å²) in [5, 5.41) is 0. The molecule has 3 rings (SSSR count). The van der Waals surface area contributed by atoms with E-state index in [4.69, 9.17) is 4.98 Å². The molecule has 0 aromatic carbocycles. The molecule has 2 aliphatic rings. The topological polar surface area (TPSA) is 32.3 Å². The Morgan fingerprint density at radius 1 is 1.18 bits per heavy atom. The molecular formula is C13H20N4. The van der Waals surface area contributed by atoms with E-state index in [1.54, 1.807) is 0 Å². The monoisotopic (exact) mass is 232 g/mol. The summed E-state index contributed by atoms with van der Waals surface area (Å²) in [6.07, 6.45) is 5.81. The molecule has 1 saturated carbocycles. The minimum atomic E-state index is 0.627. The summed E-state index contributed by atoms with van der Waals surface area (Å²) in [4.78, 5) is 13.9. The second-order valence-electron chi connectivity index (χ2n) is 5.19. The van der Waals surface area contributed by atoms with Gasteiger partial charge in [0, 0.05) is 38.3 Å². The number of aromatic nitrogens is 2. The molecule has 0 amide bonds. The minimum absolute atomic E-state index is 0.627. The van der Waals surface area contributed by atoms with Gasteiger partial charge in [-0.2, -0.15) is 0 Å². The van der Waals surface area contributed by atoms with Gasteiger partial charge in [0.2, 0.25) is 0 Å². The van der Waals surface area contributed by atoms with Crippen LogP contribution < -0.4 is 4.90 Å². The SMILES string of the molecule is CN1CCN(c2ccnc(C3CCC3)n2)CC1. The number of rotatable bonds is 2. The number of anilines is 1. The van der Waals surface area contributed by atoms with Crippen LogP contribution in [0.2, 0.25) is 0 Å². The zero-order valence-corrected chi connectivity index (χ0v) is 10.5. The van der Waals surface area contributed by atoms with Crippen molar-refractivity contribution in [1.29, 1.82) is 0 Å². The first-order valence-electron chi connectivity index (χ1n) is 6.59.